The second-order valence-corrected chi connectivity index (χ2v) is 9.15. The van der Waals surface area contributed by atoms with Crippen molar-refractivity contribution in [2.45, 2.75) is 39.3 Å². The van der Waals surface area contributed by atoms with E-state index >= 15 is 0 Å². The van der Waals surface area contributed by atoms with Gasteiger partial charge in [0.05, 0.1) is 6.04 Å². The van der Waals surface area contributed by atoms with Gasteiger partial charge < -0.3 is 15.5 Å². The molecule has 5 nitrogen and oxygen atoms in total. The molecule has 0 bridgehead atoms. The van der Waals surface area contributed by atoms with E-state index in [9.17, 15) is 4.79 Å². The number of carbonyl (C=O) groups is 1. The Morgan fingerprint density at radius 2 is 1.72 bits per heavy atom. The van der Waals surface area contributed by atoms with Gasteiger partial charge >= 0.3 is 0 Å². The van der Waals surface area contributed by atoms with Gasteiger partial charge in [-0.05, 0) is 49.7 Å². The molecular weight excluding hydrogens is 420 g/mol. The van der Waals surface area contributed by atoms with E-state index in [-0.39, 0.29) is 5.91 Å². The summed E-state index contributed by atoms with van der Waals surface area (Å²) >= 11 is 5.96. The lowest BCUT2D eigenvalue weighted by Gasteiger charge is -2.41. The molecule has 1 amide bonds. The first kappa shape index (κ1) is 24.7. The highest BCUT2D eigenvalue weighted by atomic mass is 35.5. The molecule has 2 N–H and O–H groups in total. The molecule has 1 saturated heterocycles. The summed E-state index contributed by atoms with van der Waals surface area (Å²) in [6.45, 7) is 12.8. The number of rotatable bonds is 9. The second kappa shape index (κ2) is 11.8. The van der Waals surface area contributed by atoms with Crippen LogP contribution in [0.5, 0.6) is 0 Å². The first-order valence-corrected chi connectivity index (χ1v) is 12.1. The predicted molar refractivity (Wildman–Crippen MR) is 133 cm³/mol. The van der Waals surface area contributed by atoms with Crippen molar-refractivity contribution in [3.05, 3.63) is 70.2 Å². The number of piperazine rings is 1. The van der Waals surface area contributed by atoms with E-state index < -0.39 is 6.04 Å². The number of amides is 1. The Hall–Kier alpha value is -1.92. The first-order chi connectivity index (χ1) is 15.4. The highest BCUT2D eigenvalue weighted by Gasteiger charge is 2.30. The summed E-state index contributed by atoms with van der Waals surface area (Å²) in [5, 5.41) is 0.692. The summed E-state index contributed by atoms with van der Waals surface area (Å²) in [6, 6.07) is 16.2. The van der Waals surface area contributed by atoms with Crippen LogP contribution in [0.2, 0.25) is 5.02 Å². The van der Waals surface area contributed by atoms with Crippen LogP contribution in [0.25, 0.3) is 0 Å². The molecule has 0 aromatic heterocycles. The third kappa shape index (κ3) is 6.55. The van der Waals surface area contributed by atoms with E-state index in [0.29, 0.717) is 30.6 Å². The summed E-state index contributed by atoms with van der Waals surface area (Å²) in [4.78, 5) is 19.9. The molecule has 3 rings (SSSR count). The van der Waals surface area contributed by atoms with Crippen LogP contribution in [0.15, 0.2) is 48.5 Å². The van der Waals surface area contributed by atoms with E-state index in [1.165, 1.54) is 11.1 Å². The van der Waals surface area contributed by atoms with E-state index in [4.69, 9.17) is 17.3 Å². The minimum atomic E-state index is -0.522. The molecule has 2 atom stereocenters. The molecule has 0 spiro atoms. The Balaban J connectivity index is 1.63. The SMILES string of the molecule is CCN(CC)CC(c1cccc(C)c1)N1CCN(C(=O)[C@H](N)Cc2ccc(Cl)cc2)CC1. The molecule has 0 radical (unpaired) electrons. The molecule has 174 valence electrons. The predicted octanol–water partition coefficient (Wildman–Crippen LogP) is 3.75. The van der Waals surface area contributed by atoms with Crippen molar-refractivity contribution in [3.8, 4) is 0 Å². The van der Waals surface area contributed by atoms with Crippen molar-refractivity contribution in [3.63, 3.8) is 0 Å². The molecule has 2 aromatic rings. The van der Waals surface area contributed by atoms with Crippen LogP contribution in [-0.4, -0.2) is 72.5 Å². The van der Waals surface area contributed by atoms with Crippen LogP contribution in [0, 0.1) is 6.92 Å². The molecule has 1 aliphatic rings. The van der Waals surface area contributed by atoms with Gasteiger partial charge in [-0.25, -0.2) is 0 Å². The molecule has 1 unspecified atom stereocenters. The number of hydrogen-bond donors (Lipinski definition) is 1. The number of aryl methyl sites for hydroxylation is 1. The summed E-state index contributed by atoms with van der Waals surface area (Å²) < 4.78 is 0. The van der Waals surface area contributed by atoms with Gasteiger partial charge in [0.15, 0.2) is 0 Å². The van der Waals surface area contributed by atoms with Crippen LogP contribution >= 0.6 is 11.6 Å². The average Bonchev–Trinajstić information content (AvgIpc) is 2.81. The third-order valence-corrected chi connectivity index (χ3v) is 6.76. The molecule has 2 aromatic carbocycles. The van der Waals surface area contributed by atoms with Gasteiger partial charge in [0.25, 0.3) is 0 Å². The lowest BCUT2D eigenvalue weighted by molar-refractivity contribution is -0.134. The quantitative estimate of drug-likeness (QED) is 0.624. The van der Waals surface area contributed by atoms with E-state index in [0.717, 1.165) is 38.3 Å². The molecule has 6 heteroatoms. The van der Waals surface area contributed by atoms with Crippen molar-refractivity contribution in [1.29, 1.82) is 0 Å². The summed E-state index contributed by atoms with van der Waals surface area (Å²) in [5.74, 6) is 0.0375. The Bertz CT molecular complexity index is 860. The summed E-state index contributed by atoms with van der Waals surface area (Å²) in [5.41, 5.74) is 9.96. The molecular formula is C26H37ClN4O. The number of halogens is 1. The second-order valence-electron chi connectivity index (χ2n) is 8.71. The minimum Gasteiger partial charge on any atom is -0.339 e. The molecule has 0 aliphatic carbocycles. The number of nitrogens with two attached hydrogens (primary N) is 1. The maximum absolute atomic E-state index is 13.0. The fourth-order valence-corrected chi connectivity index (χ4v) is 4.61. The van der Waals surface area contributed by atoms with E-state index in [2.05, 4.69) is 54.8 Å². The van der Waals surface area contributed by atoms with Crippen LogP contribution in [0.3, 0.4) is 0 Å². The molecule has 1 heterocycles. The fraction of sp³-hybridized carbons (Fsp3) is 0.500. The van der Waals surface area contributed by atoms with Crippen LogP contribution < -0.4 is 5.73 Å². The van der Waals surface area contributed by atoms with Gasteiger partial charge in [0.2, 0.25) is 5.91 Å². The van der Waals surface area contributed by atoms with Crippen LogP contribution in [0.4, 0.5) is 0 Å². The Morgan fingerprint density at radius 3 is 2.31 bits per heavy atom. The van der Waals surface area contributed by atoms with Gasteiger partial charge in [-0.2, -0.15) is 0 Å². The highest BCUT2D eigenvalue weighted by molar-refractivity contribution is 6.30. The standard InChI is InChI=1S/C26H37ClN4O/c1-4-29(5-2)19-25(22-8-6-7-20(3)17-22)30-13-15-31(16-14-30)26(32)24(28)18-21-9-11-23(27)12-10-21/h6-12,17,24-25H,4-5,13-16,18-19,28H2,1-3H3/t24-,25?/m1/s1. The van der Waals surface area contributed by atoms with Crippen molar-refractivity contribution in [2.75, 3.05) is 45.8 Å². The highest BCUT2D eigenvalue weighted by Crippen LogP contribution is 2.25. The van der Waals surface area contributed by atoms with Crippen molar-refractivity contribution >= 4 is 17.5 Å². The average molecular weight is 457 g/mol. The molecule has 32 heavy (non-hydrogen) atoms. The monoisotopic (exact) mass is 456 g/mol. The zero-order valence-corrected chi connectivity index (χ0v) is 20.4. The third-order valence-electron chi connectivity index (χ3n) is 6.51. The number of benzene rings is 2. The minimum absolute atomic E-state index is 0.0375. The topological polar surface area (TPSA) is 52.8 Å². The molecule has 1 fully saturated rings. The van der Waals surface area contributed by atoms with E-state index in [1.54, 1.807) is 0 Å². The number of nitrogens with zero attached hydrogens (tertiary/aromatic N) is 3. The molecule has 0 saturated carbocycles. The van der Waals surface area contributed by atoms with Gasteiger partial charge in [-0.1, -0.05) is 67.4 Å². The van der Waals surface area contributed by atoms with Crippen molar-refractivity contribution in [1.82, 2.24) is 14.7 Å². The summed E-state index contributed by atoms with van der Waals surface area (Å²) in [7, 11) is 0. The van der Waals surface area contributed by atoms with Crippen LogP contribution in [-0.2, 0) is 11.2 Å². The van der Waals surface area contributed by atoms with Gasteiger partial charge in [-0.15, -0.1) is 0 Å². The van der Waals surface area contributed by atoms with Crippen LogP contribution in [0.1, 0.15) is 36.6 Å². The zero-order chi connectivity index (χ0) is 23.1. The van der Waals surface area contributed by atoms with Gasteiger partial charge in [0, 0.05) is 43.8 Å². The Kier molecular flexibility index (Phi) is 9.11. The normalized spacial score (nSPS) is 16.9. The fourth-order valence-electron chi connectivity index (χ4n) is 4.49. The number of hydrogen-bond acceptors (Lipinski definition) is 4. The maximum Gasteiger partial charge on any atom is 0.239 e. The van der Waals surface area contributed by atoms with Crippen molar-refractivity contribution < 1.29 is 4.79 Å². The summed E-state index contributed by atoms with van der Waals surface area (Å²) in [6.07, 6.45) is 0.532. The first-order valence-electron chi connectivity index (χ1n) is 11.7. The van der Waals surface area contributed by atoms with Crippen molar-refractivity contribution in [2.24, 2.45) is 5.73 Å². The number of carbonyl (C=O) groups excluding carboxylic acids is 1. The van der Waals surface area contributed by atoms with E-state index in [1.807, 2.05) is 29.2 Å². The smallest absolute Gasteiger partial charge is 0.239 e. The van der Waals surface area contributed by atoms with Gasteiger partial charge in [0.1, 0.15) is 0 Å². The lowest BCUT2D eigenvalue weighted by Crippen LogP contribution is -2.55. The number of likely N-dealkylation sites (N-methyl/N-ethyl adjacent to an activating group) is 1. The zero-order valence-electron chi connectivity index (χ0n) is 19.6. The molecule has 1 aliphatic heterocycles. The largest absolute Gasteiger partial charge is 0.339 e. The van der Waals surface area contributed by atoms with Gasteiger partial charge in [-0.3, -0.25) is 9.69 Å². The Morgan fingerprint density at radius 1 is 1.06 bits per heavy atom. The lowest BCUT2D eigenvalue weighted by atomic mass is 10.0. The Labute approximate surface area is 198 Å². The maximum atomic E-state index is 13.0.